The molecule has 0 rings (SSSR count). The summed E-state index contributed by atoms with van der Waals surface area (Å²) in [6.07, 6.45) is 4.12. The number of nitrogens with one attached hydrogen (secondary N) is 2. The average Bonchev–Trinajstić information content (AvgIpc) is 2.15. The Labute approximate surface area is 94.0 Å². The molecule has 0 fully saturated rings. The number of rotatable bonds is 8. The van der Waals surface area contributed by atoms with Gasteiger partial charge >= 0.3 is 0 Å². The number of amides is 1. The van der Waals surface area contributed by atoms with E-state index < -0.39 is 10.8 Å². The van der Waals surface area contributed by atoms with Gasteiger partial charge < -0.3 is 10.6 Å². The lowest BCUT2D eigenvalue weighted by Crippen LogP contribution is -2.39. The van der Waals surface area contributed by atoms with Crippen LogP contribution in [-0.4, -0.2) is 41.3 Å². The second-order valence-corrected chi connectivity index (χ2v) is 5.01. The molecule has 0 aliphatic carbocycles. The molecule has 0 aromatic carbocycles. The summed E-state index contributed by atoms with van der Waals surface area (Å²) in [5.41, 5.74) is 0. The Morgan fingerprint density at radius 2 is 2.27 bits per heavy atom. The monoisotopic (exact) mass is 232 g/mol. The molecule has 4 nitrogen and oxygen atoms in total. The molecule has 2 unspecified atom stereocenters. The SMILES string of the molecule is C=CCNCC(=O)NC(C)CCS(C)=O. The molecule has 88 valence electrons. The van der Waals surface area contributed by atoms with Gasteiger partial charge in [-0.1, -0.05) is 6.08 Å². The first-order valence-electron chi connectivity index (χ1n) is 4.97. The smallest absolute Gasteiger partial charge is 0.234 e. The van der Waals surface area contributed by atoms with Gasteiger partial charge in [-0.05, 0) is 13.3 Å². The van der Waals surface area contributed by atoms with E-state index in [1.54, 1.807) is 12.3 Å². The van der Waals surface area contributed by atoms with Crippen molar-refractivity contribution in [1.82, 2.24) is 10.6 Å². The maximum Gasteiger partial charge on any atom is 0.234 e. The van der Waals surface area contributed by atoms with Crippen LogP contribution in [0.1, 0.15) is 13.3 Å². The second-order valence-electron chi connectivity index (χ2n) is 3.45. The quantitative estimate of drug-likeness (QED) is 0.459. The predicted octanol–water partition coefficient (Wildman–Crippen LogP) is 0.0353. The van der Waals surface area contributed by atoms with Crippen LogP contribution in [-0.2, 0) is 15.6 Å². The van der Waals surface area contributed by atoms with Crippen molar-refractivity contribution in [3.8, 4) is 0 Å². The highest BCUT2D eigenvalue weighted by Gasteiger charge is 2.06. The lowest BCUT2D eigenvalue weighted by atomic mass is 10.2. The molecular formula is C10H20N2O2S. The van der Waals surface area contributed by atoms with Gasteiger partial charge in [-0.25, -0.2) is 0 Å². The summed E-state index contributed by atoms with van der Waals surface area (Å²) in [4.78, 5) is 11.3. The normalized spacial score (nSPS) is 14.3. The van der Waals surface area contributed by atoms with Crippen LogP contribution in [0.15, 0.2) is 12.7 Å². The third-order valence-corrected chi connectivity index (χ3v) is 2.63. The minimum absolute atomic E-state index is 0.0359. The zero-order valence-electron chi connectivity index (χ0n) is 9.41. The molecule has 0 aromatic rings. The maximum absolute atomic E-state index is 11.3. The van der Waals surface area contributed by atoms with Crippen LogP contribution < -0.4 is 10.6 Å². The lowest BCUT2D eigenvalue weighted by molar-refractivity contribution is -0.120. The van der Waals surface area contributed by atoms with Gasteiger partial charge in [0.05, 0.1) is 6.54 Å². The fourth-order valence-corrected chi connectivity index (χ4v) is 1.71. The molecule has 0 aliphatic rings. The van der Waals surface area contributed by atoms with Gasteiger partial charge in [0, 0.05) is 35.4 Å². The fraction of sp³-hybridized carbons (Fsp3) is 0.700. The summed E-state index contributed by atoms with van der Waals surface area (Å²) in [7, 11) is -0.788. The molecule has 5 heteroatoms. The molecule has 0 aliphatic heterocycles. The van der Waals surface area contributed by atoms with Crippen molar-refractivity contribution in [2.75, 3.05) is 25.1 Å². The Morgan fingerprint density at radius 3 is 2.80 bits per heavy atom. The predicted molar refractivity (Wildman–Crippen MR) is 64.2 cm³/mol. The Morgan fingerprint density at radius 1 is 1.60 bits per heavy atom. The maximum atomic E-state index is 11.3. The van der Waals surface area contributed by atoms with E-state index in [9.17, 15) is 9.00 Å². The summed E-state index contributed by atoms with van der Waals surface area (Å²) in [6.45, 7) is 6.38. The van der Waals surface area contributed by atoms with E-state index in [4.69, 9.17) is 0 Å². The van der Waals surface area contributed by atoms with E-state index in [0.717, 1.165) is 6.42 Å². The van der Waals surface area contributed by atoms with Crippen LogP contribution in [0.5, 0.6) is 0 Å². The Hall–Kier alpha value is -0.680. The van der Waals surface area contributed by atoms with Crippen molar-refractivity contribution in [3.05, 3.63) is 12.7 Å². The highest BCUT2D eigenvalue weighted by Crippen LogP contribution is 1.92. The van der Waals surface area contributed by atoms with Gasteiger partial charge in [-0.3, -0.25) is 9.00 Å². The van der Waals surface area contributed by atoms with E-state index in [-0.39, 0.29) is 11.9 Å². The molecule has 0 aromatic heterocycles. The van der Waals surface area contributed by atoms with Gasteiger partial charge in [0.1, 0.15) is 0 Å². The molecule has 0 bridgehead atoms. The van der Waals surface area contributed by atoms with Gasteiger partial charge in [-0.15, -0.1) is 6.58 Å². The number of carbonyl (C=O) groups excluding carboxylic acids is 1. The van der Waals surface area contributed by atoms with Crippen LogP contribution >= 0.6 is 0 Å². The zero-order valence-corrected chi connectivity index (χ0v) is 10.2. The van der Waals surface area contributed by atoms with Gasteiger partial charge in [0.2, 0.25) is 5.91 Å². The molecule has 0 saturated heterocycles. The molecule has 0 radical (unpaired) electrons. The van der Waals surface area contributed by atoms with Crippen LogP contribution in [0.2, 0.25) is 0 Å². The molecule has 0 spiro atoms. The first-order chi connectivity index (χ1) is 7.06. The first kappa shape index (κ1) is 14.3. The molecule has 0 heterocycles. The van der Waals surface area contributed by atoms with Gasteiger partial charge in [-0.2, -0.15) is 0 Å². The van der Waals surface area contributed by atoms with Crippen LogP contribution in [0, 0.1) is 0 Å². The van der Waals surface area contributed by atoms with Crippen molar-refractivity contribution in [2.24, 2.45) is 0 Å². The van der Waals surface area contributed by atoms with Crippen LogP contribution in [0.25, 0.3) is 0 Å². The Kier molecular flexibility index (Phi) is 8.22. The van der Waals surface area contributed by atoms with Gasteiger partial charge in [0.25, 0.3) is 0 Å². The van der Waals surface area contributed by atoms with E-state index >= 15 is 0 Å². The lowest BCUT2D eigenvalue weighted by Gasteiger charge is -2.13. The van der Waals surface area contributed by atoms with Crippen molar-refractivity contribution in [2.45, 2.75) is 19.4 Å². The zero-order chi connectivity index (χ0) is 11.7. The molecule has 1 amide bonds. The summed E-state index contributed by atoms with van der Waals surface area (Å²) >= 11 is 0. The number of hydrogen-bond donors (Lipinski definition) is 2. The van der Waals surface area contributed by atoms with E-state index in [0.29, 0.717) is 18.8 Å². The van der Waals surface area contributed by atoms with Crippen molar-refractivity contribution < 1.29 is 9.00 Å². The minimum atomic E-state index is -0.788. The molecule has 2 N–H and O–H groups in total. The van der Waals surface area contributed by atoms with Crippen molar-refractivity contribution in [3.63, 3.8) is 0 Å². The minimum Gasteiger partial charge on any atom is -0.353 e. The van der Waals surface area contributed by atoms with E-state index in [1.165, 1.54) is 0 Å². The summed E-state index contributed by atoms with van der Waals surface area (Å²) in [5, 5.41) is 5.74. The molecule has 2 atom stereocenters. The van der Waals surface area contributed by atoms with Crippen LogP contribution in [0.4, 0.5) is 0 Å². The second kappa shape index (κ2) is 8.61. The van der Waals surface area contributed by atoms with Crippen molar-refractivity contribution >= 4 is 16.7 Å². The standard InChI is InChI=1S/C10H20N2O2S/c1-4-6-11-8-10(13)12-9(2)5-7-15(3)14/h4,9,11H,1,5-8H2,2-3H3,(H,12,13). The summed E-state index contributed by atoms with van der Waals surface area (Å²) in [5.74, 6) is 0.591. The fourth-order valence-electron chi connectivity index (χ4n) is 1.03. The third kappa shape index (κ3) is 9.62. The largest absolute Gasteiger partial charge is 0.353 e. The number of hydrogen-bond acceptors (Lipinski definition) is 3. The average molecular weight is 232 g/mol. The van der Waals surface area contributed by atoms with E-state index in [1.807, 2.05) is 6.92 Å². The van der Waals surface area contributed by atoms with Gasteiger partial charge in [0.15, 0.2) is 0 Å². The Bertz CT molecular complexity index is 231. The summed E-state index contributed by atoms with van der Waals surface area (Å²) in [6, 6.07) is 0.0759. The topological polar surface area (TPSA) is 58.2 Å². The highest BCUT2D eigenvalue weighted by atomic mass is 32.2. The highest BCUT2D eigenvalue weighted by molar-refractivity contribution is 7.84. The molecule has 0 saturated carbocycles. The van der Waals surface area contributed by atoms with E-state index in [2.05, 4.69) is 17.2 Å². The number of carbonyl (C=O) groups is 1. The first-order valence-corrected chi connectivity index (χ1v) is 6.70. The molecular weight excluding hydrogens is 212 g/mol. The third-order valence-electron chi connectivity index (χ3n) is 1.82. The molecule has 15 heavy (non-hydrogen) atoms. The Balaban J connectivity index is 3.57. The van der Waals surface area contributed by atoms with Crippen LogP contribution in [0.3, 0.4) is 0 Å². The van der Waals surface area contributed by atoms with Crippen molar-refractivity contribution in [1.29, 1.82) is 0 Å². The summed E-state index contributed by atoms with van der Waals surface area (Å²) < 4.78 is 10.8.